The van der Waals surface area contributed by atoms with Crippen molar-refractivity contribution in [2.24, 2.45) is 0 Å². The third-order valence-electron chi connectivity index (χ3n) is 0.355. The minimum Gasteiger partial charge on any atom is -0.545 e. The first-order valence-electron chi connectivity index (χ1n) is 4.73. The van der Waals surface area contributed by atoms with E-state index < -0.39 is 11.9 Å². The second kappa shape index (κ2) is 13.6. The van der Waals surface area contributed by atoms with Crippen LogP contribution >= 0.6 is 0 Å². The summed E-state index contributed by atoms with van der Waals surface area (Å²) in [5.74, 6) is -3.09. The number of carbonyl (C=O) groups excluding carboxylic acids is 2. The standard InChI is InChI=1S/C4H4O4.2C3H9N/c5-3(6)1-2-4(7)8;2*1-4(2)3/h1-2H,(H,5,6)(H,7,8);2*1-3H3/b2-1-;;. The van der Waals surface area contributed by atoms with Gasteiger partial charge in [-0.2, -0.15) is 0 Å². The minimum absolute atomic E-state index is 0.384. The summed E-state index contributed by atoms with van der Waals surface area (Å²) in [6.07, 6.45) is 0.769. The maximum Gasteiger partial charge on any atom is 0.0661 e. The van der Waals surface area contributed by atoms with E-state index in [2.05, 4.69) is 42.3 Å². The lowest BCUT2D eigenvalue weighted by Crippen LogP contribution is -3.02. The van der Waals surface area contributed by atoms with Gasteiger partial charge in [-0.3, -0.25) is 0 Å². The van der Waals surface area contributed by atoms with E-state index in [-0.39, 0.29) is 0 Å². The van der Waals surface area contributed by atoms with Gasteiger partial charge in [-0.25, -0.2) is 0 Å². The molecule has 6 nitrogen and oxygen atoms in total. The van der Waals surface area contributed by atoms with Crippen LogP contribution in [-0.4, -0.2) is 54.2 Å². The molecule has 0 bridgehead atoms. The molecule has 0 heterocycles. The summed E-state index contributed by atoms with van der Waals surface area (Å²) < 4.78 is 0. The lowest BCUT2D eigenvalue weighted by molar-refractivity contribution is -0.836. The SMILES string of the molecule is C[NH+](C)C.C[NH+](C)C.O=C([O-])/C=C\C(=O)[O-]. The summed E-state index contributed by atoms with van der Waals surface area (Å²) in [6, 6.07) is 0. The number of aliphatic carboxylic acids is 2. The third kappa shape index (κ3) is 131. The van der Waals surface area contributed by atoms with E-state index >= 15 is 0 Å². The summed E-state index contributed by atoms with van der Waals surface area (Å²) in [7, 11) is 12.5. The van der Waals surface area contributed by atoms with Gasteiger partial charge in [0.05, 0.1) is 54.2 Å². The minimum atomic E-state index is -1.55. The zero-order valence-corrected chi connectivity index (χ0v) is 10.8. The van der Waals surface area contributed by atoms with E-state index in [1.54, 1.807) is 0 Å². The number of hydrogen-bond donors (Lipinski definition) is 2. The number of hydrogen-bond acceptors (Lipinski definition) is 4. The van der Waals surface area contributed by atoms with Crippen LogP contribution in [0.4, 0.5) is 0 Å². The number of nitrogens with one attached hydrogen (secondary N) is 2. The van der Waals surface area contributed by atoms with Gasteiger partial charge in [0.25, 0.3) is 0 Å². The number of carbonyl (C=O) groups is 2. The number of carboxylic acid groups (broad SMARTS) is 2. The van der Waals surface area contributed by atoms with E-state index in [4.69, 9.17) is 0 Å². The lowest BCUT2D eigenvalue weighted by atomic mass is 10.5. The Morgan fingerprint density at radius 1 is 0.750 bits per heavy atom. The molecular weight excluding hydrogens is 212 g/mol. The zero-order valence-electron chi connectivity index (χ0n) is 10.8. The molecule has 0 rings (SSSR count). The van der Waals surface area contributed by atoms with Crippen molar-refractivity contribution >= 4 is 11.9 Å². The fourth-order valence-corrected chi connectivity index (χ4v) is 0.136. The van der Waals surface area contributed by atoms with Gasteiger partial charge in [-0.1, -0.05) is 0 Å². The van der Waals surface area contributed by atoms with E-state index in [0.717, 1.165) is 0 Å². The maximum atomic E-state index is 9.41. The second-order valence-electron chi connectivity index (χ2n) is 3.97. The van der Waals surface area contributed by atoms with Crippen LogP contribution in [0.5, 0.6) is 0 Å². The largest absolute Gasteiger partial charge is 0.545 e. The highest BCUT2D eigenvalue weighted by Crippen LogP contribution is 1.64. The van der Waals surface area contributed by atoms with Gasteiger partial charge in [0.1, 0.15) is 0 Å². The summed E-state index contributed by atoms with van der Waals surface area (Å²) in [4.78, 5) is 21.7. The summed E-state index contributed by atoms with van der Waals surface area (Å²) in [6.45, 7) is 0. The van der Waals surface area contributed by atoms with Crippen molar-refractivity contribution < 1.29 is 29.6 Å². The Balaban J connectivity index is -0.000000179. The molecule has 0 atom stereocenters. The van der Waals surface area contributed by atoms with Crippen LogP contribution in [0.3, 0.4) is 0 Å². The van der Waals surface area contributed by atoms with Gasteiger partial charge in [0, 0.05) is 0 Å². The molecule has 2 N–H and O–H groups in total. The average Bonchev–Trinajstić information content (AvgIpc) is 1.98. The smallest absolute Gasteiger partial charge is 0.0661 e. The fraction of sp³-hybridized carbons (Fsp3) is 0.600. The van der Waals surface area contributed by atoms with Crippen LogP contribution in [-0.2, 0) is 9.59 Å². The Hall–Kier alpha value is -1.40. The maximum absolute atomic E-state index is 9.41. The first kappa shape index (κ1) is 20.1. The predicted molar refractivity (Wildman–Crippen MR) is 56.6 cm³/mol. The molecule has 0 aromatic carbocycles. The molecule has 0 amide bonds. The molecule has 0 fully saturated rings. The molecule has 0 spiro atoms. The van der Waals surface area contributed by atoms with Gasteiger partial charge < -0.3 is 29.6 Å². The number of quaternary nitrogens is 2. The van der Waals surface area contributed by atoms with Crippen molar-refractivity contribution in [3.8, 4) is 0 Å². The first-order valence-corrected chi connectivity index (χ1v) is 4.73. The second-order valence-corrected chi connectivity index (χ2v) is 3.97. The molecule has 0 aromatic heterocycles. The van der Waals surface area contributed by atoms with E-state index in [1.165, 1.54) is 9.80 Å². The quantitative estimate of drug-likeness (QED) is 0.467. The van der Waals surface area contributed by atoms with Crippen molar-refractivity contribution in [1.82, 2.24) is 0 Å². The van der Waals surface area contributed by atoms with Crippen molar-refractivity contribution in [3.63, 3.8) is 0 Å². The van der Waals surface area contributed by atoms with Crippen molar-refractivity contribution in [2.45, 2.75) is 0 Å². The molecule has 96 valence electrons. The highest BCUT2D eigenvalue weighted by atomic mass is 16.4. The van der Waals surface area contributed by atoms with Gasteiger partial charge in [0.15, 0.2) is 0 Å². The molecule has 0 aliphatic rings. The third-order valence-corrected chi connectivity index (χ3v) is 0.355. The van der Waals surface area contributed by atoms with Crippen molar-refractivity contribution in [3.05, 3.63) is 12.2 Å². The van der Waals surface area contributed by atoms with Crippen LogP contribution in [0, 0.1) is 0 Å². The van der Waals surface area contributed by atoms with Gasteiger partial charge in [-0.15, -0.1) is 0 Å². The van der Waals surface area contributed by atoms with Crippen molar-refractivity contribution in [1.29, 1.82) is 0 Å². The average molecular weight is 234 g/mol. The van der Waals surface area contributed by atoms with Crippen LogP contribution < -0.4 is 20.0 Å². The Morgan fingerprint density at radius 3 is 0.938 bits per heavy atom. The number of carboxylic acids is 2. The molecule has 0 saturated heterocycles. The van der Waals surface area contributed by atoms with Crippen LogP contribution in [0.15, 0.2) is 12.2 Å². The Kier molecular flexibility index (Phi) is 17.1. The van der Waals surface area contributed by atoms with E-state index in [0.29, 0.717) is 12.2 Å². The molecule has 0 aliphatic carbocycles. The van der Waals surface area contributed by atoms with Crippen LogP contribution in [0.25, 0.3) is 0 Å². The molecule has 0 radical (unpaired) electrons. The van der Waals surface area contributed by atoms with E-state index in [9.17, 15) is 19.8 Å². The normalized spacial score (nSPS) is 9.25. The predicted octanol–water partition coefficient (Wildman–Crippen LogP) is -5.44. The summed E-state index contributed by atoms with van der Waals surface area (Å²) >= 11 is 0. The first-order chi connectivity index (χ1) is 7.09. The Morgan fingerprint density at radius 2 is 0.875 bits per heavy atom. The van der Waals surface area contributed by atoms with Gasteiger partial charge in [-0.05, 0) is 12.2 Å². The van der Waals surface area contributed by atoms with Crippen LogP contribution in [0.2, 0.25) is 0 Å². The van der Waals surface area contributed by atoms with Gasteiger partial charge in [0.2, 0.25) is 0 Å². The Labute approximate surface area is 96.8 Å². The lowest BCUT2D eigenvalue weighted by Gasteiger charge is -1.90. The molecule has 0 saturated carbocycles. The topological polar surface area (TPSA) is 89.1 Å². The molecule has 6 heteroatoms. The Bertz CT molecular complexity index is 185. The summed E-state index contributed by atoms with van der Waals surface area (Å²) in [5, 5.41) is 18.8. The molecule has 0 aromatic rings. The molecule has 0 aliphatic heterocycles. The highest BCUT2D eigenvalue weighted by Gasteiger charge is 1.71. The molecule has 0 unspecified atom stereocenters. The molecular formula is C10H22N2O4. The zero-order chi connectivity index (χ0) is 13.7. The van der Waals surface area contributed by atoms with Crippen LogP contribution in [0.1, 0.15) is 0 Å². The monoisotopic (exact) mass is 234 g/mol. The van der Waals surface area contributed by atoms with E-state index in [1.807, 2.05) is 0 Å². The number of rotatable bonds is 2. The summed E-state index contributed by atoms with van der Waals surface area (Å²) in [5.41, 5.74) is 0. The molecule has 16 heavy (non-hydrogen) atoms. The highest BCUT2D eigenvalue weighted by molar-refractivity contribution is 5.87. The van der Waals surface area contributed by atoms with Crippen molar-refractivity contribution in [2.75, 3.05) is 42.3 Å². The van der Waals surface area contributed by atoms with Gasteiger partial charge >= 0.3 is 0 Å². The fourth-order valence-electron chi connectivity index (χ4n) is 0.136.